The van der Waals surface area contributed by atoms with Crippen LogP contribution < -0.4 is 10.9 Å². The second kappa shape index (κ2) is 5.75. The standard InChI is InChI=1S/C15H18N4O3/c1-10-5-7-11(8-6-10)16-14-13(19(21)22)15(20)18-9-3-2-4-12(18)17-14/h2-4,9-11,16H,5-8H2,1H3. The van der Waals surface area contributed by atoms with E-state index in [1.807, 2.05) is 0 Å². The first-order chi connectivity index (χ1) is 10.6. The van der Waals surface area contributed by atoms with Crippen molar-refractivity contribution in [2.75, 3.05) is 5.32 Å². The molecule has 1 aliphatic rings. The summed E-state index contributed by atoms with van der Waals surface area (Å²) >= 11 is 0. The van der Waals surface area contributed by atoms with Crippen LogP contribution in [0.5, 0.6) is 0 Å². The van der Waals surface area contributed by atoms with Gasteiger partial charge in [-0.1, -0.05) is 13.0 Å². The lowest BCUT2D eigenvalue weighted by molar-refractivity contribution is -0.385. The fourth-order valence-electron chi connectivity index (χ4n) is 2.94. The highest BCUT2D eigenvalue weighted by molar-refractivity contribution is 5.60. The maximum atomic E-state index is 12.3. The minimum absolute atomic E-state index is 0.0840. The second-order valence-electron chi connectivity index (χ2n) is 5.90. The number of aromatic nitrogens is 2. The fourth-order valence-corrected chi connectivity index (χ4v) is 2.94. The van der Waals surface area contributed by atoms with Gasteiger partial charge in [0.1, 0.15) is 5.65 Å². The molecule has 22 heavy (non-hydrogen) atoms. The molecule has 0 amide bonds. The first-order valence-corrected chi connectivity index (χ1v) is 7.48. The maximum absolute atomic E-state index is 12.3. The predicted molar refractivity (Wildman–Crippen MR) is 83.2 cm³/mol. The third-order valence-electron chi connectivity index (χ3n) is 4.25. The first-order valence-electron chi connectivity index (χ1n) is 7.48. The lowest BCUT2D eigenvalue weighted by Crippen LogP contribution is -2.28. The van der Waals surface area contributed by atoms with Crippen LogP contribution in [0.1, 0.15) is 32.6 Å². The number of nitro groups is 1. The van der Waals surface area contributed by atoms with Crippen molar-refractivity contribution in [2.24, 2.45) is 5.92 Å². The summed E-state index contributed by atoms with van der Waals surface area (Å²) in [7, 11) is 0. The number of pyridine rings is 1. The number of nitrogens with zero attached hydrogens (tertiary/aromatic N) is 3. The summed E-state index contributed by atoms with van der Waals surface area (Å²) in [6.45, 7) is 2.21. The highest BCUT2D eigenvalue weighted by atomic mass is 16.6. The van der Waals surface area contributed by atoms with Crippen molar-refractivity contribution in [1.29, 1.82) is 0 Å². The lowest BCUT2D eigenvalue weighted by atomic mass is 9.87. The van der Waals surface area contributed by atoms with E-state index in [2.05, 4.69) is 17.2 Å². The van der Waals surface area contributed by atoms with Crippen LogP contribution in [0, 0.1) is 16.0 Å². The van der Waals surface area contributed by atoms with Crippen molar-refractivity contribution in [1.82, 2.24) is 9.38 Å². The van der Waals surface area contributed by atoms with Crippen LogP contribution in [0.2, 0.25) is 0 Å². The molecule has 0 atom stereocenters. The molecule has 2 aromatic heterocycles. The molecule has 0 radical (unpaired) electrons. The number of hydrogen-bond donors (Lipinski definition) is 1. The summed E-state index contributed by atoms with van der Waals surface area (Å²) in [4.78, 5) is 27.2. The SMILES string of the molecule is CC1CCC(Nc2nc3ccccn3c(=O)c2[N+](=O)[O-])CC1. The van der Waals surface area contributed by atoms with Crippen molar-refractivity contribution < 1.29 is 4.92 Å². The Balaban J connectivity index is 2.02. The Kier molecular flexibility index (Phi) is 3.79. The molecule has 0 bridgehead atoms. The molecule has 3 rings (SSSR count). The van der Waals surface area contributed by atoms with Gasteiger partial charge >= 0.3 is 11.2 Å². The molecule has 1 N–H and O–H groups in total. The summed E-state index contributed by atoms with van der Waals surface area (Å²) in [5, 5.41) is 14.4. The average Bonchev–Trinajstić information content (AvgIpc) is 2.49. The van der Waals surface area contributed by atoms with E-state index in [0.29, 0.717) is 11.6 Å². The molecular formula is C15H18N4O3. The number of anilines is 1. The van der Waals surface area contributed by atoms with Gasteiger partial charge < -0.3 is 5.32 Å². The Hall–Kier alpha value is -2.44. The van der Waals surface area contributed by atoms with Gasteiger partial charge in [0.2, 0.25) is 5.82 Å². The Morgan fingerprint density at radius 3 is 2.73 bits per heavy atom. The van der Waals surface area contributed by atoms with Gasteiger partial charge in [0.25, 0.3) is 0 Å². The van der Waals surface area contributed by atoms with Gasteiger partial charge in [-0.2, -0.15) is 0 Å². The van der Waals surface area contributed by atoms with E-state index in [0.717, 1.165) is 25.7 Å². The molecule has 0 aliphatic heterocycles. The molecule has 0 saturated heterocycles. The molecule has 0 unspecified atom stereocenters. The molecule has 7 heteroatoms. The molecule has 1 saturated carbocycles. The van der Waals surface area contributed by atoms with Gasteiger partial charge in [0, 0.05) is 12.2 Å². The summed E-state index contributed by atoms with van der Waals surface area (Å²) in [5.41, 5.74) is -0.727. The van der Waals surface area contributed by atoms with E-state index in [1.165, 1.54) is 10.6 Å². The van der Waals surface area contributed by atoms with E-state index < -0.39 is 16.2 Å². The van der Waals surface area contributed by atoms with Crippen molar-refractivity contribution >= 4 is 17.2 Å². The molecule has 1 fully saturated rings. The summed E-state index contributed by atoms with van der Waals surface area (Å²) < 4.78 is 1.20. The van der Waals surface area contributed by atoms with Gasteiger partial charge in [-0.25, -0.2) is 4.98 Å². The minimum Gasteiger partial charge on any atom is -0.361 e. The summed E-state index contributed by atoms with van der Waals surface area (Å²) in [6.07, 6.45) is 5.53. The summed E-state index contributed by atoms with van der Waals surface area (Å²) in [5.74, 6) is 0.768. The molecular weight excluding hydrogens is 284 g/mol. The van der Waals surface area contributed by atoms with Gasteiger partial charge in [0.15, 0.2) is 0 Å². The molecule has 0 spiro atoms. The zero-order chi connectivity index (χ0) is 15.7. The topological polar surface area (TPSA) is 89.5 Å². The van der Waals surface area contributed by atoms with Crippen LogP contribution in [0.4, 0.5) is 11.5 Å². The monoisotopic (exact) mass is 302 g/mol. The molecule has 7 nitrogen and oxygen atoms in total. The van der Waals surface area contributed by atoms with E-state index in [1.54, 1.807) is 18.2 Å². The van der Waals surface area contributed by atoms with Crippen LogP contribution in [0.3, 0.4) is 0 Å². The third kappa shape index (κ3) is 2.66. The first kappa shape index (κ1) is 14.5. The minimum atomic E-state index is -0.651. The van der Waals surface area contributed by atoms with E-state index >= 15 is 0 Å². The molecule has 1 aliphatic carbocycles. The van der Waals surface area contributed by atoms with E-state index in [-0.39, 0.29) is 11.9 Å². The van der Waals surface area contributed by atoms with Crippen molar-refractivity contribution in [3.63, 3.8) is 0 Å². The number of hydrogen-bond acceptors (Lipinski definition) is 5. The highest BCUT2D eigenvalue weighted by Crippen LogP contribution is 2.27. The van der Waals surface area contributed by atoms with Gasteiger partial charge in [0.05, 0.1) is 4.92 Å². The van der Waals surface area contributed by atoms with Gasteiger partial charge in [-0.15, -0.1) is 0 Å². The van der Waals surface area contributed by atoms with Crippen molar-refractivity contribution in [3.05, 3.63) is 44.9 Å². The average molecular weight is 302 g/mol. The quantitative estimate of drug-likeness (QED) is 0.695. The largest absolute Gasteiger partial charge is 0.376 e. The fraction of sp³-hybridized carbons (Fsp3) is 0.467. The highest BCUT2D eigenvalue weighted by Gasteiger charge is 2.26. The summed E-state index contributed by atoms with van der Waals surface area (Å²) in [6, 6.07) is 5.20. The van der Waals surface area contributed by atoms with Crippen LogP contribution in [-0.4, -0.2) is 20.3 Å². The van der Waals surface area contributed by atoms with Crippen LogP contribution in [-0.2, 0) is 0 Å². The number of rotatable bonds is 3. The third-order valence-corrected chi connectivity index (χ3v) is 4.25. The Labute approximate surface area is 127 Å². The lowest BCUT2D eigenvalue weighted by Gasteiger charge is -2.27. The van der Waals surface area contributed by atoms with Crippen LogP contribution in [0.25, 0.3) is 5.65 Å². The molecule has 2 aromatic rings. The van der Waals surface area contributed by atoms with Crippen molar-refractivity contribution in [3.8, 4) is 0 Å². The Morgan fingerprint density at radius 2 is 2.05 bits per heavy atom. The van der Waals surface area contributed by atoms with E-state index in [9.17, 15) is 14.9 Å². The normalized spacial score (nSPS) is 21.7. The predicted octanol–water partition coefficient (Wildman–Crippen LogP) is 2.59. The van der Waals surface area contributed by atoms with Crippen molar-refractivity contribution in [2.45, 2.75) is 38.6 Å². The molecule has 0 aromatic carbocycles. The van der Waals surface area contributed by atoms with Crippen LogP contribution >= 0.6 is 0 Å². The zero-order valence-electron chi connectivity index (χ0n) is 12.4. The van der Waals surface area contributed by atoms with E-state index in [4.69, 9.17) is 0 Å². The molecule has 116 valence electrons. The number of nitrogens with one attached hydrogen (secondary N) is 1. The van der Waals surface area contributed by atoms with Gasteiger partial charge in [-0.3, -0.25) is 19.3 Å². The molecule has 2 heterocycles. The Bertz CT molecular complexity index is 763. The number of fused-ring (bicyclic) bond motifs is 1. The zero-order valence-corrected chi connectivity index (χ0v) is 12.4. The maximum Gasteiger partial charge on any atom is 0.376 e. The smallest absolute Gasteiger partial charge is 0.361 e. The van der Waals surface area contributed by atoms with Gasteiger partial charge in [-0.05, 0) is 43.7 Å². The van der Waals surface area contributed by atoms with Crippen LogP contribution in [0.15, 0.2) is 29.2 Å². The second-order valence-corrected chi connectivity index (χ2v) is 5.90. The Morgan fingerprint density at radius 1 is 1.32 bits per heavy atom.